The van der Waals surface area contributed by atoms with Gasteiger partial charge in [-0.2, -0.15) is 0 Å². The Morgan fingerprint density at radius 2 is 1.61 bits per heavy atom. The molecule has 0 aliphatic heterocycles. The van der Waals surface area contributed by atoms with Crippen LogP contribution in [0.15, 0.2) is 82.4 Å². The zero-order valence-electron chi connectivity index (χ0n) is 15.9. The number of amides is 1. The maximum absolute atomic E-state index is 13.0. The molecule has 0 unspecified atom stereocenters. The van der Waals surface area contributed by atoms with E-state index < -0.39 is 0 Å². The van der Waals surface area contributed by atoms with Crippen molar-refractivity contribution in [1.82, 2.24) is 10.2 Å². The van der Waals surface area contributed by atoms with Crippen LogP contribution in [0.25, 0.3) is 11.5 Å². The third-order valence-corrected chi connectivity index (χ3v) is 5.08. The number of nitrogens with zero attached hydrogens (tertiary/aromatic N) is 2. The van der Waals surface area contributed by atoms with Crippen LogP contribution < -0.4 is 10.1 Å². The number of benzene rings is 3. The average molecular weight is 456 g/mol. The summed E-state index contributed by atoms with van der Waals surface area (Å²) in [6, 6.07) is 19.7. The van der Waals surface area contributed by atoms with Crippen molar-refractivity contribution in [2.75, 3.05) is 11.1 Å². The van der Waals surface area contributed by atoms with Gasteiger partial charge in [-0.15, -0.1) is 10.2 Å². The molecule has 0 aliphatic rings. The molecule has 4 rings (SSSR count). The topological polar surface area (TPSA) is 77.2 Å². The molecule has 0 bridgehead atoms. The monoisotopic (exact) mass is 455 g/mol. The molecule has 0 atom stereocenters. The van der Waals surface area contributed by atoms with Gasteiger partial charge >= 0.3 is 0 Å². The summed E-state index contributed by atoms with van der Waals surface area (Å²) in [6.45, 7) is 0. The summed E-state index contributed by atoms with van der Waals surface area (Å²) in [5.41, 5.74) is 1.23. The lowest BCUT2D eigenvalue weighted by atomic mass is 10.2. The predicted molar refractivity (Wildman–Crippen MR) is 117 cm³/mol. The molecule has 31 heavy (non-hydrogen) atoms. The van der Waals surface area contributed by atoms with Gasteiger partial charge in [-0.1, -0.05) is 23.4 Å². The van der Waals surface area contributed by atoms with Crippen molar-refractivity contribution in [2.24, 2.45) is 0 Å². The van der Waals surface area contributed by atoms with Crippen LogP contribution in [0.2, 0.25) is 5.02 Å². The van der Waals surface area contributed by atoms with Crippen molar-refractivity contribution >= 4 is 35.0 Å². The number of hydrogen-bond donors (Lipinski definition) is 1. The highest BCUT2D eigenvalue weighted by Crippen LogP contribution is 2.25. The fraction of sp³-hybridized carbons (Fsp3) is 0.0455. The molecule has 1 N–H and O–H groups in total. The molecule has 6 nitrogen and oxygen atoms in total. The fourth-order valence-corrected chi connectivity index (χ4v) is 3.24. The zero-order valence-corrected chi connectivity index (χ0v) is 17.5. The fourth-order valence-electron chi connectivity index (χ4n) is 2.55. The minimum absolute atomic E-state index is 0.0913. The largest absolute Gasteiger partial charge is 0.457 e. The minimum Gasteiger partial charge on any atom is -0.457 e. The summed E-state index contributed by atoms with van der Waals surface area (Å²) in [5.74, 6) is 1.08. The lowest BCUT2D eigenvalue weighted by Crippen LogP contribution is -2.13. The van der Waals surface area contributed by atoms with E-state index in [0.717, 1.165) is 11.8 Å². The van der Waals surface area contributed by atoms with Gasteiger partial charge in [0.05, 0.1) is 5.75 Å². The van der Waals surface area contributed by atoms with Crippen LogP contribution in [-0.2, 0) is 4.79 Å². The first-order valence-electron chi connectivity index (χ1n) is 9.11. The van der Waals surface area contributed by atoms with E-state index in [4.69, 9.17) is 20.8 Å². The van der Waals surface area contributed by atoms with Crippen LogP contribution in [0.1, 0.15) is 0 Å². The Balaban J connectivity index is 1.28. The predicted octanol–water partition coefficient (Wildman–Crippen LogP) is 6.05. The van der Waals surface area contributed by atoms with Gasteiger partial charge in [0, 0.05) is 16.3 Å². The van der Waals surface area contributed by atoms with Gasteiger partial charge in [0.2, 0.25) is 11.8 Å². The number of rotatable bonds is 7. The van der Waals surface area contributed by atoms with Crippen molar-refractivity contribution in [1.29, 1.82) is 0 Å². The molecule has 156 valence electrons. The second kappa shape index (κ2) is 9.63. The molecule has 0 saturated carbocycles. The number of nitrogens with one attached hydrogen (secondary N) is 1. The van der Waals surface area contributed by atoms with Crippen molar-refractivity contribution in [2.45, 2.75) is 5.22 Å². The number of ether oxygens (including phenoxy) is 1. The van der Waals surface area contributed by atoms with Crippen LogP contribution in [-0.4, -0.2) is 21.9 Å². The molecule has 9 heteroatoms. The molecule has 0 saturated heterocycles. The van der Waals surface area contributed by atoms with E-state index in [-0.39, 0.29) is 28.6 Å². The summed E-state index contributed by atoms with van der Waals surface area (Å²) in [5, 5.41) is 11.5. The van der Waals surface area contributed by atoms with Gasteiger partial charge in [0.15, 0.2) is 0 Å². The maximum atomic E-state index is 13.0. The Morgan fingerprint density at radius 3 is 2.29 bits per heavy atom. The lowest BCUT2D eigenvalue weighted by molar-refractivity contribution is -0.113. The van der Waals surface area contributed by atoms with E-state index in [1.807, 2.05) is 0 Å². The summed E-state index contributed by atoms with van der Waals surface area (Å²) in [7, 11) is 0. The van der Waals surface area contributed by atoms with Crippen molar-refractivity contribution in [3.05, 3.63) is 83.6 Å². The molecule has 0 fully saturated rings. The molecule has 1 heterocycles. The smallest absolute Gasteiger partial charge is 0.277 e. The SMILES string of the molecule is O=C(CSc1nnc(-c2ccc(F)cc2)o1)Nc1ccc(Oc2ccc(Cl)cc2)cc1. The first-order valence-corrected chi connectivity index (χ1v) is 10.5. The molecule has 0 spiro atoms. The Labute approximate surface area is 186 Å². The van der Waals surface area contributed by atoms with E-state index in [2.05, 4.69) is 15.5 Å². The first-order chi connectivity index (χ1) is 15.0. The molecule has 0 aliphatic carbocycles. The second-order valence-corrected chi connectivity index (χ2v) is 7.66. The zero-order chi connectivity index (χ0) is 21.6. The summed E-state index contributed by atoms with van der Waals surface area (Å²) < 4.78 is 24.2. The molecule has 0 radical (unpaired) electrons. The summed E-state index contributed by atoms with van der Waals surface area (Å²) in [4.78, 5) is 12.2. The molecule has 4 aromatic rings. The minimum atomic E-state index is -0.348. The number of carbonyl (C=O) groups is 1. The van der Waals surface area contributed by atoms with E-state index in [1.165, 1.54) is 12.1 Å². The van der Waals surface area contributed by atoms with Gasteiger partial charge in [-0.25, -0.2) is 4.39 Å². The first kappa shape index (κ1) is 20.9. The number of aromatic nitrogens is 2. The van der Waals surface area contributed by atoms with Crippen LogP contribution >= 0.6 is 23.4 Å². The quantitative estimate of drug-likeness (QED) is 0.342. The molecular weight excluding hydrogens is 441 g/mol. The second-order valence-electron chi connectivity index (χ2n) is 6.30. The molecule has 3 aromatic carbocycles. The number of hydrogen-bond acceptors (Lipinski definition) is 6. The van der Waals surface area contributed by atoms with E-state index in [9.17, 15) is 9.18 Å². The van der Waals surface area contributed by atoms with Crippen LogP contribution in [0.5, 0.6) is 11.5 Å². The highest BCUT2D eigenvalue weighted by Gasteiger charge is 2.12. The van der Waals surface area contributed by atoms with Gasteiger partial charge in [0.1, 0.15) is 17.3 Å². The third kappa shape index (κ3) is 5.84. The average Bonchev–Trinajstić information content (AvgIpc) is 3.25. The standard InChI is InChI=1S/C22H15ClFN3O3S/c23-15-3-9-18(10-4-15)29-19-11-7-17(8-12-19)25-20(28)13-31-22-27-26-21(30-22)14-1-5-16(24)6-2-14/h1-12H,13H2,(H,25,28). The van der Waals surface area contributed by atoms with Crippen molar-refractivity contribution < 1.29 is 18.3 Å². The number of anilines is 1. The van der Waals surface area contributed by atoms with E-state index in [1.54, 1.807) is 60.7 Å². The van der Waals surface area contributed by atoms with E-state index in [0.29, 0.717) is 27.8 Å². The van der Waals surface area contributed by atoms with Crippen LogP contribution in [0.4, 0.5) is 10.1 Å². The summed E-state index contributed by atoms with van der Waals surface area (Å²) >= 11 is 6.97. The van der Waals surface area contributed by atoms with Crippen LogP contribution in [0, 0.1) is 5.82 Å². The normalized spacial score (nSPS) is 10.6. The lowest BCUT2D eigenvalue weighted by Gasteiger charge is -2.08. The third-order valence-electron chi connectivity index (χ3n) is 4.01. The van der Waals surface area contributed by atoms with E-state index >= 15 is 0 Å². The van der Waals surface area contributed by atoms with Gasteiger partial charge in [0.25, 0.3) is 5.22 Å². The van der Waals surface area contributed by atoms with Gasteiger partial charge < -0.3 is 14.5 Å². The highest BCUT2D eigenvalue weighted by atomic mass is 35.5. The molecular formula is C22H15ClFN3O3S. The molecule has 1 aromatic heterocycles. The molecule has 1 amide bonds. The Morgan fingerprint density at radius 1 is 0.968 bits per heavy atom. The van der Waals surface area contributed by atoms with Crippen molar-refractivity contribution in [3.63, 3.8) is 0 Å². The van der Waals surface area contributed by atoms with Gasteiger partial charge in [-0.3, -0.25) is 4.79 Å². The van der Waals surface area contributed by atoms with Gasteiger partial charge in [-0.05, 0) is 72.8 Å². The maximum Gasteiger partial charge on any atom is 0.277 e. The van der Waals surface area contributed by atoms with Crippen molar-refractivity contribution in [3.8, 4) is 23.0 Å². The Kier molecular flexibility index (Phi) is 6.49. The highest BCUT2D eigenvalue weighted by molar-refractivity contribution is 7.99. The number of carbonyl (C=O) groups excluding carboxylic acids is 1. The number of halogens is 2. The summed E-state index contributed by atoms with van der Waals surface area (Å²) in [6.07, 6.45) is 0. The van der Waals surface area contributed by atoms with Crippen LogP contribution in [0.3, 0.4) is 0 Å². The Hall–Kier alpha value is -3.36. The number of thioether (sulfide) groups is 1. The Bertz CT molecular complexity index is 1170.